The Morgan fingerprint density at radius 1 is 1.23 bits per heavy atom. The number of nitrogens with one attached hydrogen (secondary N) is 1. The molecule has 0 aliphatic carbocycles. The molecular formula is C16H14BrN3O2. The van der Waals surface area contributed by atoms with Crippen LogP contribution in [-0.2, 0) is 11.3 Å². The van der Waals surface area contributed by atoms with Gasteiger partial charge >= 0.3 is 0 Å². The highest BCUT2D eigenvalue weighted by Gasteiger charge is 2.23. The maximum absolute atomic E-state index is 5.81. The Morgan fingerprint density at radius 3 is 3.09 bits per heavy atom. The van der Waals surface area contributed by atoms with Crippen LogP contribution in [0.25, 0.3) is 11.2 Å². The molecule has 1 aliphatic rings. The molecule has 0 saturated heterocycles. The summed E-state index contributed by atoms with van der Waals surface area (Å²) in [5, 5.41) is 0. The van der Waals surface area contributed by atoms with Gasteiger partial charge in [0.05, 0.1) is 18.7 Å². The summed E-state index contributed by atoms with van der Waals surface area (Å²) < 4.78 is 12.2. The number of aromatic amines is 1. The van der Waals surface area contributed by atoms with Gasteiger partial charge < -0.3 is 14.5 Å². The van der Waals surface area contributed by atoms with Crippen LogP contribution in [0, 0.1) is 0 Å². The maximum Gasteiger partial charge on any atom is 0.178 e. The molecule has 1 N–H and O–H groups in total. The van der Waals surface area contributed by atoms with Gasteiger partial charge in [-0.25, -0.2) is 9.97 Å². The topological polar surface area (TPSA) is 60.0 Å². The number of benzene rings is 1. The van der Waals surface area contributed by atoms with Gasteiger partial charge in [-0.05, 0) is 34.1 Å². The zero-order chi connectivity index (χ0) is 14.9. The molecule has 0 spiro atoms. The first-order valence-corrected chi connectivity index (χ1v) is 7.89. The van der Waals surface area contributed by atoms with Gasteiger partial charge in [-0.15, -0.1) is 0 Å². The van der Waals surface area contributed by atoms with Crippen LogP contribution >= 0.6 is 15.9 Å². The Balaban J connectivity index is 1.40. The molecule has 0 amide bonds. The molecule has 0 radical (unpaired) electrons. The highest BCUT2D eigenvalue weighted by Crippen LogP contribution is 2.33. The van der Waals surface area contributed by atoms with Crippen LogP contribution in [0.15, 0.2) is 41.0 Å². The van der Waals surface area contributed by atoms with Crippen LogP contribution < -0.4 is 4.74 Å². The van der Waals surface area contributed by atoms with Gasteiger partial charge in [-0.3, -0.25) is 0 Å². The van der Waals surface area contributed by atoms with E-state index < -0.39 is 0 Å². The van der Waals surface area contributed by atoms with E-state index in [0.717, 1.165) is 21.7 Å². The molecule has 1 aromatic carbocycles. The van der Waals surface area contributed by atoms with E-state index in [1.54, 1.807) is 0 Å². The van der Waals surface area contributed by atoms with Crippen molar-refractivity contribution in [2.75, 3.05) is 13.2 Å². The molecule has 0 fully saturated rings. The van der Waals surface area contributed by atoms with Crippen molar-refractivity contribution in [3.8, 4) is 5.75 Å². The summed E-state index contributed by atoms with van der Waals surface area (Å²) in [6.07, 6.45) is 0. The standard InChI is InChI=1S/C16H14BrN3O2/c17-14-6-5-12-16(19-14)20-15(18-12)9-21-7-10-8-22-13-4-2-1-3-11(10)13/h1-6,10H,7-9H2,(H,18,19,20)/t10-/m0/s1. The Kier molecular flexibility index (Phi) is 3.56. The van der Waals surface area contributed by atoms with E-state index in [2.05, 4.69) is 36.9 Å². The fourth-order valence-corrected chi connectivity index (χ4v) is 2.95. The number of rotatable bonds is 4. The van der Waals surface area contributed by atoms with Crippen molar-refractivity contribution in [2.24, 2.45) is 0 Å². The molecule has 4 rings (SSSR count). The van der Waals surface area contributed by atoms with Crippen LogP contribution in [0.2, 0.25) is 0 Å². The van der Waals surface area contributed by atoms with E-state index >= 15 is 0 Å². The first-order chi connectivity index (χ1) is 10.8. The normalized spacial score (nSPS) is 16.7. The number of aromatic nitrogens is 3. The Labute approximate surface area is 135 Å². The Bertz CT molecular complexity index is 818. The maximum atomic E-state index is 5.81. The summed E-state index contributed by atoms with van der Waals surface area (Å²) in [6, 6.07) is 11.9. The number of para-hydroxylation sites is 1. The van der Waals surface area contributed by atoms with Crippen molar-refractivity contribution in [2.45, 2.75) is 12.5 Å². The lowest BCUT2D eigenvalue weighted by atomic mass is 10.0. The van der Waals surface area contributed by atoms with E-state index in [1.165, 1.54) is 5.56 Å². The van der Waals surface area contributed by atoms with Gasteiger partial charge in [0.25, 0.3) is 0 Å². The molecule has 5 nitrogen and oxygen atoms in total. The summed E-state index contributed by atoms with van der Waals surface area (Å²) in [4.78, 5) is 12.0. The lowest BCUT2D eigenvalue weighted by Crippen LogP contribution is -2.09. The number of halogens is 1. The second-order valence-corrected chi connectivity index (χ2v) is 6.06. The molecule has 1 atom stereocenters. The number of fused-ring (bicyclic) bond motifs is 2. The second-order valence-electron chi connectivity index (χ2n) is 5.25. The average molecular weight is 360 g/mol. The largest absolute Gasteiger partial charge is 0.493 e. The molecule has 3 aromatic rings. The number of hydrogen-bond acceptors (Lipinski definition) is 4. The molecule has 2 aromatic heterocycles. The van der Waals surface area contributed by atoms with E-state index in [0.29, 0.717) is 25.5 Å². The minimum atomic E-state index is 0.285. The summed E-state index contributed by atoms with van der Waals surface area (Å²) >= 11 is 3.34. The third kappa shape index (κ3) is 2.60. The summed E-state index contributed by atoms with van der Waals surface area (Å²) in [5.41, 5.74) is 2.83. The fourth-order valence-electron chi connectivity index (χ4n) is 2.65. The van der Waals surface area contributed by atoms with Crippen LogP contribution in [0.1, 0.15) is 17.3 Å². The first kappa shape index (κ1) is 13.7. The number of imidazole rings is 1. The third-order valence-electron chi connectivity index (χ3n) is 3.72. The predicted molar refractivity (Wildman–Crippen MR) is 85.9 cm³/mol. The quantitative estimate of drug-likeness (QED) is 0.725. The highest BCUT2D eigenvalue weighted by molar-refractivity contribution is 9.10. The SMILES string of the molecule is Brc1ccc2[nH]c(COC[C@H]3COc4ccccc43)nc2n1. The van der Waals surface area contributed by atoms with Gasteiger partial charge in [0.2, 0.25) is 0 Å². The zero-order valence-corrected chi connectivity index (χ0v) is 13.3. The van der Waals surface area contributed by atoms with Crippen molar-refractivity contribution in [3.63, 3.8) is 0 Å². The first-order valence-electron chi connectivity index (χ1n) is 7.10. The molecule has 0 bridgehead atoms. The van der Waals surface area contributed by atoms with Crippen LogP contribution in [0.5, 0.6) is 5.75 Å². The summed E-state index contributed by atoms with van der Waals surface area (Å²) in [6.45, 7) is 1.73. The van der Waals surface area contributed by atoms with Crippen LogP contribution in [-0.4, -0.2) is 28.2 Å². The monoisotopic (exact) mass is 359 g/mol. The lowest BCUT2D eigenvalue weighted by Gasteiger charge is -2.08. The smallest absolute Gasteiger partial charge is 0.178 e. The number of hydrogen-bond donors (Lipinski definition) is 1. The van der Waals surface area contributed by atoms with Crippen LogP contribution in [0.4, 0.5) is 0 Å². The minimum Gasteiger partial charge on any atom is -0.493 e. The lowest BCUT2D eigenvalue weighted by molar-refractivity contribution is 0.0962. The highest BCUT2D eigenvalue weighted by atomic mass is 79.9. The van der Waals surface area contributed by atoms with Gasteiger partial charge in [-0.2, -0.15) is 0 Å². The minimum absolute atomic E-state index is 0.285. The molecule has 0 saturated carbocycles. The second kappa shape index (κ2) is 5.70. The molecular weight excluding hydrogens is 346 g/mol. The van der Waals surface area contributed by atoms with E-state index in [-0.39, 0.29) is 5.92 Å². The van der Waals surface area contributed by atoms with Crippen molar-refractivity contribution in [3.05, 3.63) is 52.4 Å². The van der Waals surface area contributed by atoms with Crippen molar-refractivity contribution in [1.29, 1.82) is 0 Å². The van der Waals surface area contributed by atoms with Gasteiger partial charge in [0, 0.05) is 11.5 Å². The fraction of sp³-hybridized carbons (Fsp3) is 0.250. The molecule has 22 heavy (non-hydrogen) atoms. The number of ether oxygens (including phenoxy) is 2. The summed E-state index contributed by atoms with van der Waals surface area (Å²) in [7, 11) is 0. The van der Waals surface area contributed by atoms with E-state index in [1.807, 2.05) is 30.3 Å². The average Bonchev–Trinajstić information content (AvgIpc) is 3.11. The van der Waals surface area contributed by atoms with Gasteiger partial charge in [0.1, 0.15) is 22.8 Å². The van der Waals surface area contributed by atoms with E-state index in [9.17, 15) is 0 Å². The molecule has 3 heterocycles. The molecule has 112 valence electrons. The van der Waals surface area contributed by atoms with Crippen molar-refractivity contribution in [1.82, 2.24) is 15.0 Å². The van der Waals surface area contributed by atoms with Gasteiger partial charge in [-0.1, -0.05) is 18.2 Å². The molecule has 0 unspecified atom stereocenters. The number of H-pyrrole nitrogens is 1. The number of pyridine rings is 1. The van der Waals surface area contributed by atoms with Gasteiger partial charge in [0.15, 0.2) is 5.65 Å². The number of nitrogens with zero attached hydrogens (tertiary/aromatic N) is 2. The van der Waals surface area contributed by atoms with Crippen molar-refractivity contribution >= 4 is 27.1 Å². The van der Waals surface area contributed by atoms with E-state index in [4.69, 9.17) is 9.47 Å². The van der Waals surface area contributed by atoms with Crippen LogP contribution in [0.3, 0.4) is 0 Å². The zero-order valence-electron chi connectivity index (χ0n) is 11.8. The van der Waals surface area contributed by atoms with Crippen molar-refractivity contribution < 1.29 is 9.47 Å². The Hall–Kier alpha value is -1.92. The Morgan fingerprint density at radius 2 is 2.14 bits per heavy atom. The molecule has 1 aliphatic heterocycles. The third-order valence-corrected chi connectivity index (χ3v) is 4.16. The predicted octanol–water partition coefficient (Wildman–Crippen LogP) is 3.41. The summed E-state index contributed by atoms with van der Waals surface area (Å²) in [5.74, 6) is 2.04. The molecule has 6 heteroatoms.